The fraction of sp³-hybridized carbons (Fsp3) is 0.182. The predicted molar refractivity (Wildman–Crippen MR) is 64.9 cm³/mol. The second kappa shape index (κ2) is 5.03. The van der Waals surface area contributed by atoms with Crippen molar-refractivity contribution < 1.29 is 9.50 Å². The van der Waals surface area contributed by atoms with Crippen LogP contribution in [-0.4, -0.2) is 10.1 Å². The van der Waals surface area contributed by atoms with E-state index >= 15 is 0 Å². The summed E-state index contributed by atoms with van der Waals surface area (Å²) in [6.07, 6.45) is -0.319. The van der Waals surface area contributed by atoms with Gasteiger partial charge in [-0.3, -0.25) is 0 Å². The molecule has 0 bridgehead atoms. The number of aliphatic hydroxyl groups excluding tert-OH is 1. The van der Waals surface area contributed by atoms with Gasteiger partial charge in [-0.2, -0.15) is 0 Å². The number of thiazole rings is 1. The Bertz CT molecular complexity index is 455. The number of aromatic nitrogens is 1. The summed E-state index contributed by atoms with van der Waals surface area (Å²) in [4.78, 5) is 4.02. The first-order valence-electron chi connectivity index (χ1n) is 4.66. The van der Waals surface area contributed by atoms with Gasteiger partial charge < -0.3 is 5.11 Å². The highest BCUT2D eigenvalue weighted by molar-refractivity contribution is 9.10. The molecule has 5 heteroatoms. The van der Waals surface area contributed by atoms with Crippen LogP contribution in [0, 0.1) is 5.82 Å². The Balaban J connectivity index is 2.15. The Morgan fingerprint density at radius 3 is 2.88 bits per heavy atom. The highest BCUT2D eigenvalue weighted by atomic mass is 79.9. The molecule has 0 spiro atoms. The van der Waals surface area contributed by atoms with Crippen molar-refractivity contribution in [1.29, 1.82) is 0 Å². The summed E-state index contributed by atoms with van der Waals surface area (Å²) in [5, 5.41) is 11.6. The van der Waals surface area contributed by atoms with E-state index in [0.717, 1.165) is 5.56 Å². The number of aliphatic hydroxyl groups is 1. The average molecular weight is 302 g/mol. The van der Waals surface area contributed by atoms with Gasteiger partial charge in [-0.25, -0.2) is 9.37 Å². The number of rotatable bonds is 3. The lowest BCUT2D eigenvalue weighted by atomic mass is 10.1. The van der Waals surface area contributed by atoms with Crippen LogP contribution in [0.3, 0.4) is 0 Å². The quantitative estimate of drug-likeness (QED) is 0.943. The van der Waals surface area contributed by atoms with Crippen molar-refractivity contribution in [3.05, 3.63) is 50.6 Å². The van der Waals surface area contributed by atoms with E-state index in [0.29, 0.717) is 16.6 Å². The van der Waals surface area contributed by atoms with Gasteiger partial charge in [0.25, 0.3) is 0 Å². The molecule has 0 radical (unpaired) electrons. The van der Waals surface area contributed by atoms with Crippen LogP contribution in [0.5, 0.6) is 0 Å². The normalized spacial score (nSPS) is 12.7. The molecule has 0 aliphatic rings. The van der Waals surface area contributed by atoms with E-state index in [1.807, 2.05) is 0 Å². The lowest BCUT2D eigenvalue weighted by molar-refractivity contribution is 0.174. The SMILES string of the molecule is OC(Cc1cc(F)cc(Br)c1)c1cscn1. The van der Waals surface area contributed by atoms with E-state index in [9.17, 15) is 9.50 Å². The molecule has 1 atom stereocenters. The Morgan fingerprint density at radius 2 is 2.25 bits per heavy atom. The van der Waals surface area contributed by atoms with Crippen LogP contribution < -0.4 is 0 Å². The molecule has 1 N–H and O–H groups in total. The van der Waals surface area contributed by atoms with Gasteiger partial charge in [0.2, 0.25) is 0 Å². The summed E-state index contributed by atoms with van der Waals surface area (Å²) in [7, 11) is 0. The first-order chi connectivity index (χ1) is 7.65. The first kappa shape index (κ1) is 11.7. The van der Waals surface area contributed by atoms with Crippen LogP contribution in [-0.2, 0) is 6.42 Å². The lowest BCUT2D eigenvalue weighted by Crippen LogP contribution is -2.02. The molecule has 0 aliphatic carbocycles. The molecular formula is C11H9BrFNOS. The summed E-state index contributed by atoms with van der Waals surface area (Å²) in [5.41, 5.74) is 3.04. The summed E-state index contributed by atoms with van der Waals surface area (Å²) in [6.45, 7) is 0. The minimum Gasteiger partial charge on any atom is -0.386 e. The summed E-state index contributed by atoms with van der Waals surface area (Å²) >= 11 is 4.65. The third kappa shape index (κ3) is 2.87. The molecule has 0 aliphatic heterocycles. The van der Waals surface area contributed by atoms with Crippen LogP contribution in [0.4, 0.5) is 4.39 Å². The fourth-order valence-electron chi connectivity index (χ4n) is 1.44. The van der Waals surface area contributed by atoms with E-state index in [2.05, 4.69) is 20.9 Å². The van der Waals surface area contributed by atoms with Crippen LogP contribution in [0.25, 0.3) is 0 Å². The molecule has 1 aromatic carbocycles. The number of hydrogen-bond donors (Lipinski definition) is 1. The zero-order valence-corrected chi connectivity index (χ0v) is 10.6. The van der Waals surface area contributed by atoms with E-state index in [1.54, 1.807) is 17.0 Å². The maximum Gasteiger partial charge on any atom is 0.124 e. The smallest absolute Gasteiger partial charge is 0.124 e. The van der Waals surface area contributed by atoms with E-state index in [1.165, 1.54) is 23.5 Å². The molecule has 0 saturated heterocycles. The molecule has 0 amide bonds. The summed E-state index contributed by atoms with van der Waals surface area (Å²) in [5.74, 6) is -0.310. The molecule has 2 nitrogen and oxygen atoms in total. The number of nitrogens with zero attached hydrogens (tertiary/aromatic N) is 1. The minimum absolute atomic E-state index is 0.310. The van der Waals surface area contributed by atoms with Gasteiger partial charge in [-0.15, -0.1) is 11.3 Å². The monoisotopic (exact) mass is 301 g/mol. The average Bonchev–Trinajstić information content (AvgIpc) is 2.68. The fourth-order valence-corrected chi connectivity index (χ4v) is 2.56. The third-order valence-corrected chi connectivity index (χ3v) is 3.21. The lowest BCUT2D eigenvalue weighted by Gasteiger charge is -2.08. The molecular weight excluding hydrogens is 293 g/mol. The van der Waals surface area contributed by atoms with E-state index < -0.39 is 6.10 Å². The molecule has 1 unspecified atom stereocenters. The molecule has 2 rings (SSSR count). The van der Waals surface area contributed by atoms with Crippen molar-refractivity contribution in [3.8, 4) is 0 Å². The van der Waals surface area contributed by atoms with Gasteiger partial charge >= 0.3 is 0 Å². The highest BCUT2D eigenvalue weighted by Crippen LogP contribution is 2.21. The topological polar surface area (TPSA) is 33.1 Å². The van der Waals surface area contributed by atoms with Crippen molar-refractivity contribution in [2.45, 2.75) is 12.5 Å². The minimum atomic E-state index is -0.681. The standard InChI is InChI=1S/C11H9BrFNOS/c12-8-1-7(2-9(13)4-8)3-11(15)10-5-16-6-14-10/h1-2,4-6,11,15H,3H2. The van der Waals surface area contributed by atoms with Crippen LogP contribution >= 0.6 is 27.3 Å². The zero-order valence-electron chi connectivity index (χ0n) is 8.23. The van der Waals surface area contributed by atoms with Crippen LogP contribution in [0.1, 0.15) is 17.4 Å². The van der Waals surface area contributed by atoms with Gasteiger partial charge in [-0.1, -0.05) is 15.9 Å². The van der Waals surface area contributed by atoms with Gasteiger partial charge in [0.05, 0.1) is 11.2 Å². The number of halogens is 2. The Kier molecular flexibility index (Phi) is 3.68. The number of benzene rings is 1. The molecule has 1 aromatic heterocycles. The maximum absolute atomic E-state index is 13.1. The largest absolute Gasteiger partial charge is 0.386 e. The zero-order chi connectivity index (χ0) is 11.5. The molecule has 84 valence electrons. The van der Waals surface area contributed by atoms with Gasteiger partial charge in [0.15, 0.2) is 0 Å². The molecule has 0 saturated carbocycles. The van der Waals surface area contributed by atoms with Crippen molar-refractivity contribution in [1.82, 2.24) is 4.98 Å². The molecule has 0 fully saturated rings. The molecule has 1 heterocycles. The number of hydrogen-bond acceptors (Lipinski definition) is 3. The van der Waals surface area contributed by atoms with E-state index in [4.69, 9.17) is 0 Å². The van der Waals surface area contributed by atoms with Gasteiger partial charge in [0, 0.05) is 16.3 Å². The van der Waals surface area contributed by atoms with Crippen LogP contribution in [0.2, 0.25) is 0 Å². The summed E-state index contributed by atoms with van der Waals surface area (Å²) in [6, 6.07) is 4.59. The van der Waals surface area contributed by atoms with Crippen molar-refractivity contribution in [2.75, 3.05) is 0 Å². The maximum atomic E-state index is 13.1. The predicted octanol–water partition coefficient (Wildman–Crippen LogP) is 3.32. The second-order valence-corrected chi connectivity index (χ2v) is 5.05. The van der Waals surface area contributed by atoms with Crippen LogP contribution in [0.15, 0.2) is 33.6 Å². The van der Waals surface area contributed by atoms with Gasteiger partial charge in [0.1, 0.15) is 11.9 Å². The Hall–Kier alpha value is -0.780. The van der Waals surface area contributed by atoms with Crippen molar-refractivity contribution >= 4 is 27.3 Å². The third-order valence-electron chi connectivity index (χ3n) is 2.14. The summed E-state index contributed by atoms with van der Waals surface area (Å²) < 4.78 is 13.8. The van der Waals surface area contributed by atoms with E-state index in [-0.39, 0.29) is 5.82 Å². The highest BCUT2D eigenvalue weighted by Gasteiger charge is 2.11. The Morgan fingerprint density at radius 1 is 1.44 bits per heavy atom. The molecule has 2 aromatic rings. The van der Waals surface area contributed by atoms with Crippen molar-refractivity contribution in [3.63, 3.8) is 0 Å². The first-order valence-corrected chi connectivity index (χ1v) is 6.40. The Labute approximate surface area is 105 Å². The molecule has 16 heavy (non-hydrogen) atoms. The van der Waals surface area contributed by atoms with Gasteiger partial charge in [-0.05, 0) is 23.8 Å². The second-order valence-electron chi connectivity index (χ2n) is 3.41. The van der Waals surface area contributed by atoms with Crippen molar-refractivity contribution in [2.24, 2.45) is 0 Å².